The van der Waals surface area contributed by atoms with Crippen LogP contribution in [0.15, 0.2) is 82.6 Å². The summed E-state index contributed by atoms with van der Waals surface area (Å²) in [6.45, 7) is 9.43. The van der Waals surface area contributed by atoms with Crippen molar-refractivity contribution in [2.75, 3.05) is 30.3 Å². The van der Waals surface area contributed by atoms with Crippen LogP contribution < -0.4 is 20.7 Å². The van der Waals surface area contributed by atoms with Gasteiger partial charge >= 0.3 is 6.03 Å². The smallest absolute Gasteiger partial charge is 0.319 e. The third kappa shape index (κ3) is 9.31. The van der Waals surface area contributed by atoms with Gasteiger partial charge in [0.15, 0.2) is 0 Å². The highest BCUT2D eigenvalue weighted by molar-refractivity contribution is 7.99. The Kier molecular flexibility index (Phi) is 10.9. The minimum absolute atomic E-state index is 0.0797. The monoisotopic (exact) mass is 560 g/mol. The first-order valence-electron chi connectivity index (χ1n) is 14.1. The lowest BCUT2D eigenvalue weighted by Gasteiger charge is -2.32. The standard InChI is InChI=1S/C32H40N4O3S/c1-4-5-20-36-21-18-28(19-22-36)39-27-12-6-24(7-13-27)31(37)34-25-8-14-29(15-9-25)40-30-16-10-26(11-17-30)35-32(38)33-23(2)3/h6-17,23,28H,4-5,18-22H2,1-3H3,(H,34,37)(H2,33,35,38). The maximum Gasteiger partial charge on any atom is 0.319 e. The molecule has 3 aromatic carbocycles. The van der Waals surface area contributed by atoms with Gasteiger partial charge in [0.05, 0.1) is 0 Å². The Hall–Kier alpha value is -3.49. The molecule has 1 aliphatic heterocycles. The van der Waals surface area contributed by atoms with Crippen LogP contribution in [0.2, 0.25) is 0 Å². The molecule has 3 aromatic rings. The van der Waals surface area contributed by atoms with Gasteiger partial charge in [-0.05, 0) is 112 Å². The zero-order valence-electron chi connectivity index (χ0n) is 23.6. The highest BCUT2D eigenvalue weighted by atomic mass is 32.2. The second-order valence-corrected chi connectivity index (χ2v) is 11.5. The Balaban J connectivity index is 1.22. The number of benzene rings is 3. The van der Waals surface area contributed by atoms with E-state index in [1.54, 1.807) is 11.8 Å². The van der Waals surface area contributed by atoms with E-state index in [2.05, 4.69) is 27.8 Å². The van der Waals surface area contributed by atoms with E-state index >= 15 is 0 Å². The topological polar surface area (TPSA) is 82.7 Å². The highest BCUT2D eigenvalue weighted by Crippen LogP contribution is 2.29. The molecule has 0 bridgehead atoms. The molecule has 3 amide bonds. The molecule has 1 fully saturated rings. The van der Waals surface area contributed by atoms with Gasteiger partial charge < -0.3 is 25.6 Å². The molecule has 0 saturated carbocycles. The Morgan fingerprint density at radius 1 is 0.875 bits per heavy atom. The molecule has 0 aromatic heterocycles. The number of carbonyl (C=O) groups is 2. The van der Waals surface area contributed by atoms with Crippen molar-refractivity contribution >= 4 is 35.1 Å². The first kappa shape index (κ1) is 29.5. The van der Waals surface area contributed by atoms with Gasteiger partial charge in [-0.3, -0.25) is 4.79 Å². The molecular weight excluding hydrogens is 520 g/mol. The average Bonchev–Trinajstić information content (AvgIpc) is 2.95. The second-order valence-electron chi connectivity index (χ2n) is 10.4. The number of urea groups is 1. The number of anilines is 2. The summed E-state index contributed by atoms with van der Waals surface area (Å²) in [4.78, 5) is 29.3. The summed E-state index contributed by atoms with van der Waals surface area (Å²) < 4.78 is 6.18. The Bertz CT molecular complexity index is 1220. The van der Waals surface area contributed by atoms with Crippen LogP contribution in [0.25, 0.3) is 0 Å². The third-order valence-corrected chi connectivity index (χ3v) is 7.68. The van der Waals surface area contributed by atoms with Crippen molar-refractivity contribution in [3.8, 4) is 5.75 Å². The maximum atomic E-state index is 12.8. The Morgan fingerprint density at radius 2 is 1.45 bits per heavy atom. The zero-order chi connectivity index (χ0) is 28.3. The first-order chi connectivity index (χ1) is 19.4. The molecule has 0 aliphatic carbocycles. The molecule has 1 aliphatic rings. The summed E-state index contributed by atoms with van der Waals surface area (Å²) in [5.74, 6) is 0.661. The minimum Gasteiger partial charge on any atom is -0.490 e. The largest absolute Gasteiger partial charge is 0.490 e. The van der Waals surface area contributed by atoms with E-state index in [0.29, 0.717) is 5.56 Å². The van der Waals surface area contributed by atoms with Crippen molar-refractivity contribution in [2.24, 2.45) is 0 Å². The van der Waals surface area contributed by atoms with Crippen LogP contribution in [-0.2, 0) is 0 Å². The van der Waals surface area contributed by atoms with Gasteiger partial charge in [0.2, 0.25) is 0 Å². The lowest BCUT2D eigenvalue weighted by molar-refractivity contribution is 0.0996. The summed E-state index contributed by atoms with van der Waals surface area (Å²) >= 11 is 1.61. The number of amides is 3. The van der Waals surface area contributed by atoms with Crippen LogP contribution in [0, 0.1) is 0 Å². The summed E-state index contributed by atoms with van der Waals surface area (Å²) in [5.41, 5.74) is 2.07. The molecule has 0 unspecified atom stereocenters. The third-order valence-electron chi connectivity index (χ3n) is 6.66. The molecule has 1 heterocycles. The molecule has 212 valence electrons. The Labute approximate surface area is 242 Å². The van der Waals surface area contributed by atoms with Crippen LogP contribution in [0.5, 0.6) is 5.75 Å². The van der Waals surface area contributed by atoms with Gasteiger partial charge in [-0.25, -0.2) is 4.79 Å². The van der Waals surface area contributed by atoms with Crippen LogP contribution in [0.3, 0.4) is 0 Å². The van der Waals surface area contributed by atoms with E-state index in [1.807, 2.05) is 86.6 Å². The van der Waals surface area contributed by atoms with Crippen molar-refractivity contribution in [2.45, 2.75) is 68.4 Å². The second kappa shape index (κ2) is 14.8. The Morgan fingerprint density at radius 3 is 2.00 bits per heavy atom. The molecule has 0 spiro atoms. The van der Waals surface area contributed by atoms with Crippen molar-refractivity contribution in [3.05, 3.63) is 78.4 Å². The van der Waals surface area contributed by atoms with Crippen molar-refractivity contribution in [3.63, 3.8) is 0 Å². The quantitative estimate of drug-likeness (QED) is 0.230. The SMILES string of the molecule is CCCCN1CCC(Oc2ccc(C(=O)Nc3ccc(Sc4ccc(NC(=O)NC(C)C)cc4)cc3)cc2)CC1. The predicted molar refractivity (Wildman–Crippen MR) is 164 cm³/mol. The summed E-state index contributed by atoms with van der Waals surface area (Å²) in [7, 11) is 0. The van der Waals surface area contributed by atoms with Gasteiger partial charge in [-0.15, -0.1) is 0 Å². The molecule has 8 heteroatoms. The highest BCUT2D eigenvalue weighted by Gasteiger charge is 2.20. The number of nitrogens with zero attached hydrogens (tertiary/aromatic N) is 1. The molecule has 1 saturated heterocycles. The lowest BCUT2D eigenvalue weighted by Crippen LogP contribution is -2.38. The van der Waals surface area contributed by atoms with Gasteiger partial charge in [0, 0.05) is 45.9 Å². The van der Waals surface area contributed by atoms with Gasteiger partial charge in [0.25, 0.3) is 5.91 Å². The number of nitrogens with one attached hydrogen (secondary N) is 3. The predicted octanol–water partition coefficient (Wildman–Crippen LogP) is 7.26. The average molecular weight is 561 g/mol. The number of hydrogen-bond acceptors (Lipinski definition) is 5. The number of ether oxygens (including phenoxy) is 1. The molecular formula is C32H40N4O3S. The fourth-order valence-corrected chi connectivity index (χ4v) is 5.31. The summed E-state index contributed by atoms with van der Waals surface area (Å²) in [6.07, 6.45) is 4.81. The van der Waals surface area contributed by atoms with Crippen LogP contribution in [0.1, 0.15) is 56.8 Å². The number of likely N-dealkylation sites (tertiary alicyclic amines) is 1. The molecule has 7 nitrogen and oxygen atoms in total. The van der Waals surface area contributed by atoms with Crippen molar-refractivity contribution in [1.82, 2.24) is 10.2 Å². The molecule has 40 heavy (non-hydrogen) atoms. The van der Waals surface area contributed by atoms with Crippen molar-refractivity contribution < 1.29 is 14.3 Å². The fraction of sp³-hybridized carbons (Fsp3) is 0.375. The number of piperidine rings is 1. The number of rotatable bonds is 11. The summed E-state index contributed by atoms with van der Waals surface area (Å²) in [5, 5.41) is 8.60. The molecule has 0 atom stereocenters. The zero-order valence-corrected chi connectivity index (χ0v) is 24.4. The van der Waals surface area contributed by atoms with Crippen molar-refractivity contribution in [1.29, 1.82) is 0 Å². The fourth-order valence-electron chi connectivity index (χ4n) is 4.49. The number of hydrogen-bond donors (Lipinski definition) is 3. The van der Waals surface area contributed by atoms with E-state index < -0.39 is 0 Å². The molecule has 4 rings (SSSR count). The van der Waals surface area contributed by atoms with E-state index in [-0.39, 0.29) is 24.1 Å². The van der Waals surface area contributed by atoms with E-state index in [4.69, 9.17) is 4.74 Å². The number of unbranched alkanes of at least 4 members (excludes halogenated alkanes) is 1. The minimum atomic E-state index is -0.217. The van der Waals surface area contributed by atoms with E-state index in [1.165, 1.54) is 19.4 Å². The van der Waals surface area contributed by atoms with E-state index in [0.717, 1.165) is 52.8 Å². The normalized spacial score (nSPS) is 14.1. The van der Waals surface area contributed by atoms with Crippen LogP contribution in [0.4, 0.5) is 16.2 Å². The first-order valence-corrected chi connectivity index (χ1v) is 15.0. The molecule has 3 N–H and O–H groups in total. The molecule has 0 radical (unpaired) electrons. The van der Waals surface area contributed by atoms with Gasteiger partial charge in [-0.2, -0.15) is 0 Å². The lowest BCUT2D eigenvalue weighted by atomic mass is 10.1. The van der Waals surface area contributed by atoms with E-state index in [9.17, 15) is 9.59 Å². The van der Waals surface area contributed by atoms with Crippen LogP contribution in [-0.4, -0.2) is 48.6 Å². The van der Waals surface area contributed by atoms with Gasteiger partial charge in [0.1, 0.15) is 11.9 Å². The van der Waals surface area contributed by atoms with Gasteiger partial charge in [-0.1, -0.05) is 25.1 Å². The maximum absolute atomic E-state index is 12.8. The van der Waals surface area contributed by atoms with Crippen LogP contribution >= 0.6 is 11.8 Å². The summed E-state index contributed by atoms with van der Waals surface area (Å²) in [6, 6.07) is 22.7. The number of carbonyl (C=O) groups excluding carboxylic acids is 2.